The molecule has 0 bridgehead atoms. The Morgan fingerprint density at radius 2 is 1.88 bits per heavy atom. The van der Waals surface area contributed by atoms with Crippen molar-refractivity contribution in [1.82, 2.24) is 4.98 Å². The molecule has 1 aromatic heterocycles. The molecule has 1 amide bonds. The Labute approximate surface area is 196 Å². The average Bonchev–Trinajstić information content (AvgIpc) is 2.95. The third-order valence-corrected chi connectivity index (χ3v) is 5.27. The molecule has 1 saturated heterocycles. The van der Waals surface area contributed by atoms with E-state index < -0.39 is 12.3 Å². The number of pyridine rings is 1. The number of nitrogens with zero attached hydrogens (tertiary/aromatic N) is 2. The van der Waals surface area contributed by atoms with Crippen LogP contribution < -0.4 is 15.0 Å². The van der Waals surface area contributed by atoms with Crippen LogP contribution in [0, 0.1) is 18.3 Å². The van der Waals surface area contributed by atoms with Crippen molar-refractivity contribution in [2.75, 3.05) is 29.9 Å². The lowest BCUT2D eigenvalue weighted by Gasteiger charge is -2.23. The maximum absolute atomic E-state index is 14.8. The van der Waals surface area contributed by atoms with Gasteiger partial charge in [-0.1, -0.05) is 32.9 Å². The fourth-order valence-corrected chi connectivity index (χ4v) is 3.74. The van der Waals surface area contributed by atoms with Crippen LogP contribution in [-0.4, -0.2) is 36.9 Å². The number of amides is 1. The number of hydrogen-bond donors (Lipinski definition) is 1. The van der Waals surface area contributed by atoms with Crippen LogP contribution in [0.4, 0.5) is 29.1 Å². The van der Waals surface area contributed by atoms with Crippen molar-refractivity contribution >= 4 is 17.4 Å². The molecular weight excluding hydrogens is 454 g/mol. The molecule has 1 N–H and O–H groups in total. The van der Waals surface area contributed by atoms with Gasteiger partial charge in [0, 0.05) is 19.5 Å². The van der Waals surface area contributed by atoms with Crippen molar-refractivity contribution < 1.29 is 31.8 Å². The Morgan fingerprint density at radius 1 is 1.21 bits per heavy atom. The first-order valence-corrected chi connectivity index (χ1v) is 11.0. The zero-order chi connectivity index (χ0) is 25.1. The third-order valence-electron chi connectivity index (χ3n) is 5.27. The Morgan fingerprint density at radius 3 is 2.47 bits per heavy atom. The van der Waals surface area contributed by atoms with Gasteiger partial charge in [-0.15, -0.1) is 13.2 Å². The highest BCUT2D eigenvalue weighted by molar-refractivity contribution is 5.92. The summed E-state index contributed by atoms with van der Waals surface area (Å²) in [6.45, 7) is 8.80. The van der Waals surface area contributed by atoms with Crippen molar-refractivity contribution in [3.05, 3.63) is 47.4 Å². The quantitative estimate of drug-likeness (QED) is 0.432. The minimum atomic E-state index is -4.74. The minimum absolute atomic E-state index is 0.0723. The Kier molecular flexibility index (Phi) is 7.70. The van der Waals surface area contributed by atoms with Gasteiger partial charge in [-0.05, 0) is 48.1 Å². The molecule has 2 heterocycles. The lowest BCUT2D eigenvalue weighted by atomic mass is 9.92. The first-order valence-electron chi connectivity index (χ1n) is 11.0. The summed E-state index contributed by atoms with van der Waals surface area (Å²) in [5, 5.41) is 2.62. The highest BCUT2D eigenvalue weighted by Gasteiger charge is 2.31. The minimum Gasteiger partial charge on any atom is -0.406 e. The molecule has 3 rings (SSSR count). The first kappa shape index (κ1) is 25.7. The standard InChI is InChI=1S/C24H29F4N3O3/c1-15-13-19(29-22(25)21(15)30-20(32)14-23(2,3)4)31-10-9-18(33-12-11-31)16-5-7-17(8-6-16)34-24(26,27)28/h5-8,13,18H,9-12,14H2,1-4H3,(H,30,32). The number of ether oxygens (including phenoxy) is 2. The van der Waals surface area contributed by atoms with Crippen LogP contribution in [0.5, 0.6) is 5.75 Å². The number of alkyl halides is 3. The number of benzene rings is 1. The average molecular weight is 484 g/mol. The van der Waals surface area contributed by atoms with E-state index in [0.717, 1.165) is 5.56 Å². The van der Waals surface area contributed by atoms with E-state index in [4.69, 9.17) is 4.74 Å². The number of carbonyl (C=O) groups excluding carboxylic acids is 1. The Bertz CT molecular complexity index is 981. The summed E-state index contributed by atoms with van der Waals surface area (Å²) in [4.78, 5) is 18.2. The summed E-state index contributed by atoms with van der Waals surface area (Å²) >= 11 is 0. The van der Waals surface area contributed by atoms with Crippen LogP contribution in [0.15, 0.2) is 30.3 Å². The molecule has 1 aliphatic heterocycles. The molecule has 2 aromatic rings. The summed E-state index contributed by atoms with van der Waals surface area (Å²) in [5.41, 5.74) is 1.13. The Hall–Kier alpha value is -2.88. The van der Waals surface area contributed by atoms with Gasteiger partial charge in [0.2, 0.25) is 11.9 Å². The zero-order valence-corrected chi connectivity index (χ0v) is 19.6. The van der Waals surface area contributed by atoms with Crippen LogP contribution in [0.25, 0.3) is 0 Å². The van der Waals surface area contributed by atoms with E-state index >= 15 is 0 Å². The van der Waals surface area contributed by atoms with E-state index in [2.05, 4.69) is 15.0 Å². The summed E-state index contributed by atoms with van der Waals surface area (Å²) in [6, 6.07) is 7.31. The predicted octanol–water partition coefficient (Wildman–Crippen LogP) is 5.77. The number of aromatic nitrogens is 1. The second-order valence-corrected chi connectivity index (χ2v) is 9.50. The van der Waals surface area contributed by atoms with Gasteiger partial charge in [0.1, 0.15) is 11.6 Å². The van der Waals surface area contributed by atoms with Gasteiger partial charge in [0.05, 0.1) is 18.4 Å². The molecule has 1 unspecified atom stereocenters. The highest BCUT2D eigenvalue weighted by Crippen LogP contribution is 2.30. The second-order valence-electron chi connectivity index (χ2n) is 9.50. The monoisotopic (exact) mass is 483 g/mol. The number of nitrogens with one attached hydrogen (secondary N) is 1. The molecule has 1 fully saturated rings. The fraction of sp³-hybridized carbons (Fsp3) is 0.500. The molecule has 10 heteroatoms. The van der Waals surface area contributed by atoms with Gasteiger partial charge in [-0.2, -0.15) is 4.39 Å². The molecule has 186 valence electrons. The van der Waals surface area contributed by atoms with Crippen molar-refractivity contribution in [2.24, 2.45) is 5.41 Å². The molecule has 0 saturated carbocycles. The second kappa shape index (κ2) is 10.2. The fourth-order valence-electron chi connectivity index (χ4n) is 3.74. The molecule has 0 spiro atoms. The summed E-state index contributed by atoms with van der Waals surface area (Å²) in [5.74, 6) is -0.890. The maximum atomic E-state index is 14.8. The molecule has 1 atom stereocenters. The van der Waals surface area contributed by atoms with E-state index in [0.29, 0.717) is 37.5 Å². The molecule has 0 radical (unpaired) electrons. The van der Waals surface area contributed by atoms with Gasteiger partial charge in [-0.3, -0.25) is 4.79 Å². The van der Waals surface area contributed by atoms with Crippen LogP contribution >= 0.6 is 0 Å². The van der Waals surface area contributed by atoms with Crippen molar-refractivity contribution in [1.29, 1.82) is 0 Å². The largest absolute Gasteiger partial charge is 0.573 e. The lowest BCUT2D eigenvalue weighted by molar-refractivity contribution is -0.274. The molecular formula is C24H29F4N3O3. The smallest absolute Gasteiger partial charge is 0.406 e. The normalized spacial score (nSPS) is 17.3. The highest BCUT2D eigenvalue weighted by atomic mass is 19.4. The number of rotatable bonds is 5. The van der Waals surface area contributed by atoms with Gasteiger partial charge >= 0.3 is 6.36 Å². The lowest BCUT2D eigenvalue weighted by Crippen LogP contribution is -2.27. The number of anilines is 2. The van der Waals surface area contributed by atoms with Crippen molar-refractivity contribution in [2.45, 2.75) is 53.0 Å². The number of hydrogen-bond acceptors (Lipinski definition) is 5. The molecule has 1 aliphatic rings. The summed E-state index contributed by atoms with van der Waals surface area (Å²) in [6.07, 6.45) is -4.29. The van der Waals surface area contributed by atoms with E-state index in [9.17, 15) is 22.4 Å². The van der Waals surface area contributed by atoms with Crippen LogP contribution in [0.1, 0.15) is 50.8 Å². The maximum Gasteiger partial charge on any atom is 0.573 e. The first-order chi connectivity index (χ1) is 15.8. The molecule has 1 aromatic carbocycles. The van der Waals surface area contributed by atoms with Gasteiger partial charge in [-0.25, -0.2) is 4.98 Å². The topological polar surface area (TPSA) is 63.7 Å². The van der Waals surface area contributed by atoms with Crippen LogP contribution in [0.2, 0.25) is 0 Å². The zero-order valence-electron chi connectivity index (χ0n) is 19.6. The predicted molar refractivity (Wildman–Crippen MR) is 120 cm³/mol. The number of halogens is 4. The van der Waals surface area contributed by atoms with Crippen LogP contribution in [-0.2, 0) is 9.53 Å². The summed E-state index contributed by atoms with van der Waals surface area (Å²) < 4.78 is 61.6. The molecule has 34 heavy (non-hydrogen) atoms. The van der Waals surface area contributed by atoms with Gasteiger partial charge in [0.15, 0.2) is 0 Å². The van der Waals surface area contributed by atoms with Crippen LogP contribution in [0.3, 0.4) is 0 Å². The molecule has 0 aliphatic carbocycles. The number of carbonyl (C=O) groups is 1. The third kappa shape index (κ3) is 7.31. The van der Waals surface area contributed by atoms with E-state index in [1.807, 2.05) is 25.7 Å². The van der Waals surface area contributed by atoms with Gasteiger partial charge < -0.3 is 19.7 Å². The van der Waals surface area contributed by atoms with Gasteiger partial charge in [0.25, 0.3) is 0 Å². The summed E-state index contributed by atoms with van der Waals surface area (Å²) in [7, 11) is 0. The SMILES string of the molecule is Cc1cc(N2CCOC(c3ccc(OC(F)(F)F)cc3)CC2)nc(F)c1NC(=O)CC(C)(C)C. The Balaban J connectivity index is 1.66. The number of aryl methyl sites for hydroxylation is 1. The van der Waals surface area contributed by atoms with E-state index in [-0.39, 0.29) is 35.3 Å². The van der Waals surface area contributed by atoms with Crippen molar-refractivity contribution in [3.8, 4) is 5.75 Å². The van der Waals surface area contributed by atoms with Crippen molar-refractivity contribution in [3.63, 3.8) is 0 Å². The van der Waals surface area contributed by atoms with E-state index in [1.165, 1.54) is 12.1 Å². The molecule has 6 nitrogen and oxygen atoms in total. The van der Waals surface area contributed by atoms with E-state index in [1.54, 1.807) is 25.1 Å².